The van der Waals surface area contributed by atoms with Crippen molar-refractivity contribution in [2.75, 3.05) is 19.3 Å². The highest BCUT2D eigenvalue weighted by molar-refractivity contribution is 7.88. The first kappa shape index (κ1) is 21.1. The number of nitrogens with zero attached hydrogens (tertiary/aromatic N) is 1. The number of nitrogens with one attached hydrogen (secondary N) is 1. The highest BCUT2D eigenvalue weighted by Crippen LogP contribution is 2.51. The molecule has 1 heterocycles. The number of rotatable bonds is 5. The highest BCUT2D eigenvalue weighted by atomic mass is 32.2. The third-order valence-electron chi connectivity index (χ3n) is 6.30. The summed E-state index contributed by atoms with van der Waals surface area (Å²) in [5, 5.41) is 0. The van der Waals surface area contributed by atoms with E-state index in [1.165, 1.54) is 28.5 Å². The van der Waals surface area contributed by atoms with Gasteiger partial charge in [0.05, 0.1) is 6.26 Å². The second-order valence-electron chi connectivity index (χ2n) is 8.70. The fourth-order valence-corrected chi connectivity index (χ4v) is 5.62. The lowest BCUT2D eigenvalue weighted by molar-refractivity contribution is -0.132. The van der Waals surface area contributed by atoms with Gasteiger partial charge >= 0.3 is 0 Å². The number of amides is 1. The minimum Gasteiger partial charge on any atom is -0.342 e. The van der Waals surface area contributed by atoms with Crippen LogP contribution in [0.3, 0.4) is 0 Å². The first-order valence-electron chi connectivity index (χ1n) is 10.7. The largest absolute Gasteiger partial charge is 0.342 e. The van der Waals surface area contributed by atoms with Crippen molar-refractivity contribution in [3.8, 4) is 11.1 Å². The van der Waals surface area contributed by atoms with Crippen LogP contribution < -0.4 is 4.72 Å². The minimum atomic E-state index is -3.22. The van der Waals surface area contributed by atoms with Crippen LogP contribution >= 0.6 is 0 Å². The van der Waals surface area contributed by atoms with Gasteiger partial charge < -0.3 is 4.90 Å². The summed E-state index contributed by atoms with van der Waals surface area (Å²) in [6.07, 6.45) is 4.37. The summed E-state index contributed by atoms with van der Waals surface area (Å²) in [7, 11) is -3.22. The summed E-state index contributed by atoms with van der Waals surface area (Å²) in [6, 6.07) is 16.7. The van der Waals surface area contributed by atoms with Crippen molar-refractivity contribution in [3.63, 3.8) is 0 Å². The second-order valence-corrected chi connectivity index (χ2v) is 10.5. The highest BCUT2D eigenvalue weighted by Gasteiger charge is 2.47. The van der Waals surface area contributed by atoms with Crippen molar-refractivity contribution in [2.45, 2.75) is 44.6 Å². The fraction of sp³-hybridized carbons (Fsp3) is 0.458. The van der Waals surface area contributed by atoms with Gasteiger partial charge in [-0.2, -0.15) is 0 Å². The van der Waals surface area contributed by atoms with Gasteiger partial charge in [-0.3, -0.25) is 4.79 Å². The molecule has 0 bridgehead atoms. The van der Waals surface area contributed by atoms with E-state index >= 15 is 0 Å². The van der Waals surface area contributed by atoms with Crippen molar-refractivity contribution in [1.29, 1.82) is 0 Å². The van der Waals surface area contributed by atoms with Gasteiger partial charge in [-0.25, -0.2) is 13.1 Å². The molecule has 160 valence electrons. The molecule has 1 N–H and O–H groups in total. The lowest BCUT2D eigenvalue weighted by atomic mass is 9.92. The quantitative estimate of drug-likeness (QED) is 0.793. The molecule has 30 heavy (non-hydrogen) atoms. The number of benzene rings is 2. The molecule has 1 saturated carbocycles. The number of hydrogen-bond donors (Lipinski definition) is 1. The molecule has 1 amide bonds. The Morgan fingerprint density at radius 3 is 2.53 bits per heavy atom. The predicted molar refractivity (Wildman–Crippen MR) is 120 cm³/mol. The number of sulfonamides is 1. The van der Waals surface area contributed by atoms with Crippen molar-refractivity contribution in [1.82, 2.24) is 9.62 Å². The van der Waals surface area contributed by atoms with Crippen molar-refractivity contribution < 1.29 is 13.2 Å². The van der Waals surface area contributed by atoms with Gasteiger partial charge in [-0.05, 0) is 60.8 Å². The van der Waals surface area contributed by atoms with Crippen LogP contribution in [0.2, 0.25) is 0 Å². The lowest BCUT2D eigenvalue weighted by Crippen LogP contribution is -2.36. The fourth-order valence-electron chi connectivity index (χ4n) is 4.78. The van der Waals surface area contributed by atoms with Crippen molar-refractivity contribution >= 4 is 15.9 Å². The van der Waals surface area contributed by atoms with E-state index in [1.54, 1.807) is 0 Å². The topological polar surface area (TPSA) is 66.5 Å². The molecule has 4 rings (SSSR count). The van der Waals surface area contributed by atoms with Crippen molar-refractivity contribution in [2.24, 2.45) is 5.92 Å². The standard InChI is InChI=1S/C24H30N2O3S/c1-17-8-6-12-20(23(17)18-9-4-3-5-10-18)21-16-22(21)24(27)26-14-7-11-19(13-15-26)25-30(2,28)29/h3-6,8-10,12,19,21-22,25H,7,11,13-16H2,1-2H3/t19-,21+,22-/m1/s1. The molecule has 2 aromatic carbocycles. The van der Waals surface area contributed by atoms with Gasteiger partial charge in [0.1, 0.15) is 0 Å². The van der Waals surface area contributed by atoms with E-state index in [0.717, 1.165) is 19.3 Å². The number of carbonyl (C=O) groups excluding carboxylic acids is 1. The minimum absolute atomic E-state index is 0.0358. The van der Waals surface area contributed by atoms with E-state index < -0.39 is 10.0 Å². The molecule has 5 nitrogen and oxygen atoms in total. The maximum atomic E-state index is 13.2. The molecule has 0 radical (unpaired) electrons. The third kappa shape index (κ3) is 4.76. The average Bonchev–Trinajstić information content (AvgIpc) is 3.51. The van der Waals surface area contributed by atoms with Crippen LogP contribution in [0.4, 0.5) is 0 Å². The second kappa shape index (κ2) is 8.52. The molecular formula is C24H30N2O3S. The Hall–Kier alpha value is -2.18. The van der Waals surface area contributed by atoms with E-state index in [2.05, 4.69) is 54.1 Å². The van der Waals surface area contributed by atoms with Gasteiger partial charge in [0, 0.05) is 25.0 Å². The molecule has 2 aromatic rings. The number of hydrogen-bond acceptors (Lipinski definition) is 3. The molecule has 3 atom stereocenters. The summed E-state index contributed by atoms with van der Waals surface area (Å²) in [5.74, 6) is 0.523. The molecule has 1 aliphatic carbocycles. The molecule has 2 fully saturated rings. The molecule has 1 aliphatic heterocycles. The molecule has 6 heteroatoms. The first-order valence-corrected chi connectivity index (χ1v) is 12.6. The lowest BCUT2D eigenvalue weighted by Gasteiger charge is -2.21. The number of aryl methyl sites for hydroxylation is 1. The zero-order valence-corrected chi connectivity index (χ0v) is 18.5. The first-order chi connectivity index (χ1) is 14.3. The van der Waals surface area contributed by atoms with Gasteiger partial charge in [0.2, 0.25) is 15.9 Å². The smallest absolute Gasteiger partial charge is 0.226 e. The number of carbonyl (C=O) groups is 1. The Morgan fingerprint density at radius 1 is 1.03 bits per heavy atom. The third-order valence-corrected chi connectivity index (χ3v) is 7.06. The SMILES string of the molecule is Cc1cccc([C@@H]2C[C@H]2C(=O)N2CCC[C@@H](NS(C)(=O)=O)CC2)c1-c1ccccc1. The maximum Gasteiger partial charge on any atom is 0.226 e. The Kier molecular flexibility index (Phi) is 5.98. The van der Waals surface area contributed by atoms with E-state index in [0.29, 0.717) is 19.5 Å². The summed E-state index contributed by atoms with van der Waals surface area (Å²) in [5.41, 5.74) is 4.96. The summed E-state index contributed by atoms with van der Waals surface area (Å²) < 4.78 is 25.8. The van der Waals surface area contributed by atoms with Crippen LogP contribution in [0.25, 0.3) is 11.1 Å². The Bertz CT molecular complexity index is 1020. The average molecular weight is 427 g/mol. The summed E-state index contributed by atoms with van der Waals surface area (Å²) in [6.45, 7) is 3.46. The Morgan fingerprint density at radius 2 is 1.80 bits per heavy atom. The molecule has 0 spiro atoms. The normalized spacial score (nSPS) is 24.3. The zero-order chi connectivity index (χ0) is 21.3. The van der Waals surface area contributed by atoms with Gasteiger partial charge in [0.25, 0.3) is 0 Å². The summed E-state index contributed by atoms with van der Waals surface area (Å²) >= 11 is 0. The van der Waals surface area contributed by atoms with E-state index in [1.807, 2.05) is 11.0 Å². The monoisotopic (exact) mass is 426 g/mol. The maximum absolute atomic E-state index is 13.2. The van der Waals surface area contributed by atoms with Gasteiger partial charge in [-0.15, -0.1) is 0 Å². The molecule has 2 aliphatic rings. The van der Waals surface area contributed by atoms with Crippen LogP contribution in [0.15, 0.2) is 48.5 Å². The number of likely N-dealkylation sites (tertiary alicyclic amines) is 1. The van der Waals surface area contributed by atoms with Crippen molar-refractivity contribution in [3.05, 3.63) is 59.7 Å². The van der Waals surface area contributed by atoms with Crippen LogP contribution in [-0.2, 0) is 14.8 Å². The van der Waals surface area contributed by atoms with Crippen LogP contribution in [0.5, 0.6) is 0 Å². The van der Waals surface area contributed by atoms with Gasteiger partial charge in [-0.1, -0.05) is 48.5 Å². The van der Waals surface area contributed by atoms with Crippen LogP contribution in [0, 0.1) is 12.8 Å². The summed E-state index contributed by atoms with van der Waals surface area (Å²) in [4.78, 5) is 15.2. The molecule has 1 saturated heterocycles. The predicted octanol–water partition coefficient (Wildman–Crippen LogP) is 3.70. The van der Waals surface area contributed by atoms with Crippen LogP contribution in [-0.4, -0.2) is 44.6 Å². The molecule has 0 unspecified atom stereocenters. The van der Waals surface area contributed by atoms with E-state index in [4.69, 9.17) is 0 Å². The molecular weight excluding hydrogens is 396 g/mol. The van der Waals surface area contributed by atoms with E-state index in [-0.39, 0.29) is 23.8 Å². The Balaban J connectivity index is 1.46. The molecule has 0 aromatic heterocycles. The zero-order valence-electron chi connectivity index (χ0n) is 17.7. The Labute approximate surface area is 179 Å². The van der Waals surface area contributed by atoms with Gasteiger partial charge in [0.15, 0.2) is 0 Å². The van der Waals surface area contributed by atoms with Crippen LogP contribution in [0.1, 0.15) is 42.7 Å². The van der Waals surface area contributed by atoms with E-state index in [9.17, 15) is 13.2 Å².